The van der Waals surface area contributed by atoms with Crippen LogP contribution in [0.15, 0.2) is 29.0 Å². The van der Waals surface area contributed by atoms with Gasteiger partial charge in [0, 0.05) is 6.07 Å². The zero-order valence-corrected chi connectivity index (χ0v) is 10.4. The highest BCUT2D eigenvalue weighted by atomic mass is 79.9. The molecule has 0 spiro atoms. The zero-order valence-electron chi connectivity index (χ0n) is 8.82. The average molecular weight is 317 g/mol. The second kappa shape index (κ2) is 5.23. The predicted molar refractivity (Wildman–Crippen MR) is 64.0 cm³/mol. The van der Waals surface area contributed by atoms with Gasteiger partial charge in [0.15, 0.2) is 17.5 Å². The number of hydrazine groups is 1. The van der Waals surface area contributed by atoms with E-state index in [1.54, 1.807) is 0 Å². The molecule has 1 heterocycles. The van der Waals surface area contributed by atoms with Gasteiger partial charge in [-0.3, -0.25) is 0 Å². The van der Waals surface area contributed by atoms with Crippen molar-refractivity contribution < 1.29 is 13.5 Å². The number of hydrogen-bond acceptors (Lipinski definition) is 5. The molecule has 0 aliphatic heterocycles. The molecule has 18 heavy (non-hydrogen) atoms. The number of nitrogen functional groups attached to an aromatic ring is 1. The van der Waals surface area contributed by atoms with Crippen molar-refractivity contribution in [3.8, 4) is 11.6 Å². The first-order valence-electron chi connectivity index (χ1n) is 4.72. The van der Waals surface area contributed by atoms with Gasteiger partial charge in [0.05, 0.1) is 0 Å². The Kier molecular flexibility index (Phi) is 3.68. The zero-order chi connectivity index (χ0) is 13.1. The normalized spacial score (nSPS) is 10.2. The maximum atomic E-state index is 13.0. The first-order valence-corrected chi connectivity index (χ1v) is 5.51. The van der Waals surface area contributed by atoms with Gasteiger partial charge in [0.25, 0.3) is 0 Å². The van der Waals surface area contributed by atoms with E-state index in [9.17, 15) is 8.78 Å². The number of rotatable bonds is 3. The molecule has 1 aromatic carbocycles. The molecule has 0 bridgehead atoms. The van der Waals surface area contributed by atoms with E-state index in [1.807, 2.05) is 0 Å². The summed E-state index contributed by atoms with van der Waals surface area (Å²) in [5, 5.41) is 0. The lowest BCUT2D eigenvalue weighted by molar-refractivity contribution is 0.444. The van der Waals surface area contributed by atoms with Crippen LogP contribution in [0.4, 0.5) is 14.6 Å². The van der Waals surface area contributed by atoms with E-state index in [0.717, 1.165) is 12.1 Å². The fourth-order valence-electron chi connectivity index (χ4n) is 1.18. The molecule has 94 valence electrons. The van der Waals surface area contributed by atoms with Crippen molar-refractivity contribution in [2.45, 2.75) is 0 Å². The highest BCUT2D eigenvalue weighted by Crippen LogP contribution is 2.31. The number of anilines is 1. The Morgan fingerprint density at radius 1 is 1.22 bits per heavy atom. The summed E-state index contributed by atoms with van der Waals surface area (Å²) in [5.74, 6) is 3.81. The quantitative estimate of drug-likeness (QED) is 0.672. The van der Waals surface area contributed by atoms with Crippen LogP contribution in [0.3, 0.4) is 0 Å². The highest BCUT2D eigenvalue weighted by Gasteiger charge is 2.11. The van der Waals surface area contributed by atoms with E-state index in [-0.39, 0.29) is 11.6 Å². The maximum absolute atomic E-state index is 13.0. The second-order valence-electron chi connectivity index (χ2n) is 3.16. The van der Waals surface area contributed by atoms with Gasteiger partial charge in [-0.25, -0.2) is 24.6 Å². The van der Waals surface area contributed by atoms with Crippen molar-refractivity contribution >= 4 is 21.7 Å². The average Bonchev–Trinajstić information content (AvgIpc) is 2.36. The lowest BCUT2D eigenvalue weighted by atomic mass is 10.3. The summed E-state index contributed by atoms with van der Waals surface area (Å²) < 4.78 is 31.4. The molecule has 0 unspecified atom stereocenters. The molecular weight excluding hydrogens is 310 g/mol. The van der Waals surface area contributed by atoms with Crippen molar-refractivity contribution in [1.82, 2.24) is 9.97 Å². The minimum absolute atomic E-state index is 0.108. The Balaban J connectivity index is 2.31. The van der Waals surface area contributed by atoms with Gasteiger partial charge in [0.1, 0.15) is 16.5 Å². The smallest absolute Gasteiger partial charge is 0.238 e. The number of nitrogens with two attached hydrogens (primary N) is 1. The van der Waals surface area contributed by atoms with Crippen LogP contribution in [0.25, 0.3) is 0 Å². The molecule has 0 aliphatic rings. The first-order chi connectivity index (χ1) is 8.61. The van der Waals surface area contributed by atoms with Crippen molar-refractivity contribution in [1.29, 1.82) is 0 Å². The van der Waals surface area contributed by atoms with Gasteiger partial charge < -0.3 is 10.2 Å². The van der Waals surface area contributed by atoms with Crippen LogP contribution >= 0.6 is 15.9 Å². The Hall–Kier alpha value is -1.80. The summed E-state index contributed by atoms with van der Waals surface area (Å²) in [7, 11) is 0. The topological polar surface area (TPSA) is 73.1 Å². The van der Waals surface area contributed by atoms with Crippen LogP contribution in [-0.2, 0) is 0 Å². The number of halogens is 3. The Bertz CT molecular complexity index is 582. The van der Waals surface area contributed by atoms with Gasteiger partial charge in [-0.1, -0.05) is 0 Å². The van der Waals surface area contributed by atoms with E-state index in [2.05, 4.69) is 31.3 Å². The summed E-state index contributed by atoms with van der Waals surface area (Å²) in [6.45, 7) is 0. The molecule has 2 rings (SSSR count). The molecule has 0 atom stereocenters. The fraction of sp³-hybridized carbons (Fsp3) is 0. The Labute approximate surface area is 109 Å². The molecule has 2 aromatic rings. The molecule has 1 aromatic heterocycles. The first kappa shape index (κ1) is 12.7. The SMILES string of the molecule is NNc1ncnc(Oc2ccc(F)c(F)c2)c1Br. The Morgan fingerprint density at radius 3 is 2.67 bits per heavy atom. The molecule has 0 fully saturated rings. The third-order valence-electron chi connectivity index (χ3n) is 2.00. The molecule has 5 nitrogen and oxygen atoms in total. The Morgan fingerprint density at radius 2 is 2.00 bits per heavy atom. The highest BCUT2D eigenvalue weighted by molar-refractivity contribution is 9.10. The van der Waals surface area contributed by atoms with Gasteiger partial charge in [-0.15, -0.1) is 0 Å². The van der Waals surface area contributed by atoms with Gasteiger partial charge in [0.2, 0.25) is 5.88 Å². The van der Waals surface area contributed by atoms with E-state index in [1.165, 1.54) is 12.4 Å². The standard InChI is InChI=1S/C10H7BrF2N4O/c11-8-9(17-14)15-4-16-10(8)18-5-1-2-6(12)7(13)3-5/h1-4H,14H2,(H,15,16,17). The minimum Gasteiger partial charge on any atom is -0.438 e. The second-order valence-corrected chi connectivity index (χ2v) is 3.96. The minimum atomic E-state index is -1.00. The predicted octanol–water partition coefficient (Wildman–Crippen LogP) is 2.60. The van der Waals surface area contributed by atoms with Crippen molar-refractivity contribution in [2.24, 2.45) is 5.84 Å². The van der Waals surface area contributed by atoms with Crippen LogP contribution < -0.4 is 16.0 Å². The van der Waals surface area contributed by atoms with E-state index in [0.29, 0.717) is 10.3 Å². The van der Waals surface area contributed by atoms with E-state index in [4.69, 9.17) is 10.6 Å². The van der Waals surface area contributed by atoms with Gasteiger partial charge in [-0.2, -0.15) is 0 Å². The van der Waals surface area contributed by atoms with Crippen molar-refractivity contribution in [3.63, 3.8) is 0 Å². The fourth-order valence-corrected chi connectivity index (χ4v) is 1.58. The monoisotopic (exact) mass is 316 g/mol. The molecule has 3 N–H and O–H groups in total. The summed E-state index contributed by atoms with van der Waals surface area (Å²) in [5.41, 5.74) is 2.33. The lowest BCUT2D eigenvalue weighted by Crippen LogP contribution is -2.09. The lowest BCUT2D eigenvalue weighted by Gasteiger charge is -2.08. The molecule has 0 radical (unpaired) electrons. The van der Waals surface area contributed by atoms with Crippen LogP contribution in [0.2, 0.25) is 0 Å². The van der Waals surface area contributed by atoms with Crippen LogP contribution in [-0.4, -0.2) is 9.97 Å². The summed E-state index contributed by atoms with van der Waals surface area (Å²) in [6, 6.07) is 3.16. The van der Waals surface area contributed by atoms with Crippen LogP contribution in [0.1, 0.15) is 0 Å². The third kappa shape index (κ3) is 2.54. The molecular formula is C10H7BrF2N4O. The largest absolute Gasteiger partial charge is 0.438 e. The van der Waals surface area contributed by atoms with Crippen LogP contribution in [0, 0.1) is 11.6 Å². The molecule has 0 amide bonds. The maximum Gasteiger partial charge on any atom is 0.238 e. The number of aromatic nitrogens is 2. The molecule has 0 aliphatic carbocycles. The van der Waals surface area contributed by atoms with E-state index >= 15 is 0 Å². The number of nitrogens with zero attached hydrogens (tertiary/aromatic N) is 2. The molecule has 0 saturated carbocycles. The van der Waals surface area contributed by atoms with Gasteiger partial charge >= 0.3 is 0 Å². The third-order valence-corrected chi connectivity index (χ3v) is 2.71. The number of hydrogen-bond donors (Lipinski definition) is 2. The number of nitrogens with one attached hydrogen (secondary N) is 1. The van der Waals surface area contributed by atoms with Crippen molar-refractivity contribution in [2.75, 3.05) is 5.43 Å². The summed E-state index contributed by atoms with van der Waals surface area (Å²) in [6.07, 6.45) is 1.22. The van der Waals surface area contributed by atoms with Crippen LogP contribution in [0.5, 0.6) is 11.6 Å². The van der Waals surface area contributed by atoms with Crippen molar-refractivity contribution in [3.05, 3.63) is 40.6 Å². The van der Waals surface area contributed by atoms with E-state index < -0.39 is 11.6 Å². The summed E-state index contributed by atoms with van der Waals surface area (Å²) >= 11 is 3.17. The number of ether oxygens (including phenoxy) is 1. The number of benzene rings is 1. The summed E-state index contributed by atoms with van der Waals surface area (Å²) in [4.78, 5) is 7.66. The molecule has 8 heteroatoms. The molecule has 0 saturated heterocycles. The van der Waals surface area contributed by atoms with Gasteiger partial charge in [-0.05, 0) is 28.1 Å².